The molecule has 1 aromatic heterocycles. The number of nitrogens with zero attached hydrogens (tertiary/aromatic N) is 5. The fourth-order valence-electron chi connectivity index (χ4n) is 3.19. The molecule has 1 saturated heterocycles. The number of rotatable bonds is 4. The molecule has 0 N–H and O–H groups in total. The third-order valence-electron chi connectivity index (χ3n) is 4.93. The largest absolute Gasteiger partial charge is 0.433 e. The molecule has 1 aromatic carbocycles. The molecule has 164 valence electrons. The zero-order valence-corrected chi connectivity index (χ0v) is 18.0. The minimum Gasteiger partial charge on any atom is -0.363 e. The molecule has 0 amide bonds. The lowest BCUT2D eigenvalue weighted by atomic mass is 10.2. The molecular formula is C19H24F3N5O2S. The van der Waals surface area contributed by atoms with Gasteiger partial charge in [0.05, 0.1) is 4.90 Å². The fourth-order valence-corrected chi connectivity index (χ4v) is 4.92. The first-order valence-electron chi connectivity index (χ1n) is 9.35. The van der Waals surface area contributed by atoms with Crippen molar-refractivity contribution in [3.05, 3.63) is 41.1 Å². The highest BCUT2D eigenvalue weighted by molar-refractivity contribution is 7.89. The van der Waals surface area contributed by atoms with Crippen molar-refractivity contribution >= 4 is 21.8 Å². The van der Waals surface area contributed by atoms with Gasteiger partial charge in [-0.1, -0.05) is 12.1 Å². The van der Waals surface area contributed by atoms with E-state index in [-0.39, 0.29) is 42.8 Å². The van der Waals surface area contributed by atoms with E-state index in [2.05, 4.69) is 9.97 Å². The number of anilines is 2. The Morgan fingerprint density at radius 1 is 1.00 bits per heavy atom. The highest BCUT2D eigenvalue weighted by Crippen LogP contribution is 2.31. The Morgan fingerprint density at radius 3 is 2.20 bits per heavy atom. The number of sulfonamides is 1. The number of hydrogen-bond donors (Lipinski definition) is 0. The van der Waals surface area contributed by atoms with Crippen LogP contribution in [0, 0.1) is 13.8 Å². The predicted molar refractivity (Wildman–Crippen MR) is 108 cm³/mol. The Hall–Kier alpha value is -2.40. The van der Waals surface area contributed by atoms with Gasteiger partial charge < -0.3 is 9.80 Å². The normalized spacial score (nSPS) is 16.0. The number of halogens is 3. The number of hydrogen-bond acceptors (Lipinski definition) is 6. The van der Waals surface area contributed by atoms with Gasteiger partial charge in [0.1, 0.15) is 5.82 Å². The molecule has 3 rings (SSSR count). The Morgan fingerprint density at radius 2 is 1.63 bits per heavy atom. The van der Waals surface area contributed by atoms with Gasteiger partial charge in [-0.25, -0.2) is 13.4 Å². The molecule has 2 heterocycles. The summed E-state index contributed by atoms with van der Waals surface area (Å²) in [7, 11) is -0.500. The van der Waals surface area contributed by atoms with Crippen LogP contribution in [0.1, 0.15) is 16.8 Å². The second-order valence-electron chi connectivity index (χ2n) is 7.46. The first-order valence-corrected chi connectivity index (χ1v) is 10.8. The van der Waals surface area contributed by atoms with E-state index in [0.717, 1.165) is 11.6 Å². The predicted octanol–water partition coefficient (Wildman–Crippen LogP) is 2.69. The zero-order chi connectivity index (χ0) is 22.3. The van der Waals surface area contributed by atoms with Crippen molar-refractivity contribution in [1.82, 2.24) is 14.3 Å². The van der Waals surface area contributed by atoms with E-state index in [1.54, 1.807) is 38.1 Å². The Balaban J connectivity index is 1.83. The second-order valence-corrected chi connectivity index (χ2v) is 9.37. The molecule has 0 spiro atoms. The summed E-state index contributed by atoms with van der Waals surface area (Å²) >= 11 is 0. The molecule has 0 atom stereocenters. The Labute approximate surface area is 174 Å². The third kappa shape index (κ3) is 4.51. The molecule has 0 radical (unpaired) electrons. The van der Waals surface area contributed by atoms with Gasteiger partial charge in [0.15, 0.2) is 5.69 Å². The molecule has 0 unspecified atom stereocenters. The highest BCUT2D eigenvalue weighted by Gasteiger charge is 2.36. The standard InChI is InChI=1S/C19H24F3N5O2S/c1-13-5-6-14(2)15(11-13)30(28,29)27-9-7-26(8-10-27)18-23-16(19(20,21)22)12-17(24-18)25(3)4/h5-6,11-12H,7-10H2,1-4H3. The van der Waals surface area contributed by atoms with E-state index < -0.39 is 21.9 Å². The lowest BCUT2D eigenvalue weighted by Gasteiger charge is -2.34. The van der Waals surface area contributed by atoms with Crippen LogP contribution in [0.4, 0.5) is 24.9 Å². The average molecular weight is 443 g/mol. The van der Waals surface area contributed by atoms with Gasteiger partial charge in [0, 0.05) is 46.3 Å². The summed E-state index contributed by atoms with van der Waals surface area (Å²) in [6.07, 6.45) is -4.60. The monoisotopic (exact) mass is 443 g/mol. The van der Waals surface area contributed by atoms with Crippen LogP contribution in [0.3, 0.4) is 0 Å². The SMILES string of the molecule is Cc1ccc(C)c(S(=O)(=O)N2CCN(c3nc(N(C)C)cc(C(F)(F)F)n3)CC2)c1. The maximum absolute atomic E-state index is 13.2. The van der Waals surface area contributed by atoms with E-state index in [0.29, 0.717) is 5.56 Å². The van der Waals surface area contributed by atoms with E-state index in [1.807, 2.05) is 13.0 Å². The maximum atomic E-state index is 13.2. The number of aryl methyl sites for hydroxylation is 2. The van der Waals surface area contributed by atoms with Crippen molar-refractivity contribution in [2.24, 2.45) is 0 Å². The van der Waals surface area contributed by atoms with E-state index in [4.69, 9.17) is 0 Å². The van der Waals surface area contributed by atoms with Gasteiger partial charge in [0.2, 0.25) is 16.0 Å². The smallest absolute Gasteiger partial charge is 0.363 e. The molecule has 7 nitrogen and oxygen atoms in total. The minimum atomic E-state index is -4.60. The van der Waals surface area contributed by atoms with Crippen molar-refractivity contribution in [2.45, 2.75) is 24.9 Å². The fraction of sp³-hybridized carbons (Fsp3) is 0.474. The van der Waals surface area contributed by atoms with Crippen LogP contribution in [0.25, 0.3) is 0 Å². The topological polar surface area (TPSA) is 69.6 Å². The number of aromatic nitrogens is 2. The first-order chi connectivity index (χ1) is 13.9. The van der Waals surface area contributed by atoms with Gasteiger partial charge in [-0.15, -0.1) is 0 Å². The van der Waals surface area contributed by atoms with Crippen LogP contribution in [-0.4, -0.2) is 63.0 Å². The zero-order valence-electron chi connectivity index (χ0n) is 17.2. The third-order valence-corrected chi connectivity index (χ3v) is 6.97. The molecular weight excluding hydrogens is 419 g/mol. The van der Waals surface area contributed by atoms with Crippen molar-refractivity contribution in [3.63, 3.8) is 0 Å². The summed E-state index contributed by atoms with van der Waals surface area (Å²) in [5.74, 6) is 0.0788. The number of alkyl halides is 3. The molecule has 0 aliphatic carbocycles. The van der Waals surface area contributed by atoms with Crippen molar-refractivity contribution in [1.29, 1.82) is 0 Å². The first kappa shape index (κ1) is 22.3. The molecule has 0 saturated carbocycles. The van der Waals surface area contributed by atoms with Crippen LogP contribution < -0.4 is 9.80 Å². The number of piperazine rings is 1. The van der Waals surface area contributed by atoms with Gasteiger partial charge in [-0.2, -0.15) is 22.5 Å². The molecule has 1 aliphatic rings. The van der Waals surface area contributed by atoms with Crippen molar-refractivity contribution < 1.29 is 21.6 Å². The Kier molecular flexibility index (Phi) is 5.96. The van der Waals surface area contributed by atoms with Crippen molar-refractivity contribution in [2.75, 3.05) is 50.1 Å². The number of benzene rings is 1. The maximum Gasteiger partial charge on any atom is 0.433 e. The summed E-state index contributed by atoms with van der Waals surface area (Å²) < 4.78 is 67.2. The van der Waals surface area contributed by atoms with Crippen LogP contribution >= 0.6 is 0 Å². The lowest BCUT2D eigenvalue weighted by molar-refractivity contribution is -0.141. The summed E-state index contributed by atoms with van der Waals surface area (Å²) in [5, 5.41) is 0. The molecule has 0 bridgehead atoms. The van der Waals surface area contributed by atoms with E-state index in [1.165, 1.54) is 9.21 Å². The molecule has 30 heavy (non-hydrogen) atoms. The quantitative estimate of drug-likeness (QED) is 0.724. The summed E-state index contributed by atoms with van der Waals surface area (Å²) in [6, 6.07) is 6.14. The Bertz CT molecular complexity index is 1030. The van der Waals surface area contributed by atoms with Crippen LogP contribution in [0.15, 0.2) is 29.2 Å². The lowest BCUT2D eigenvalue weighted by Crippen LogP contribution is -2.49. The molecule has 1 aliphatic heterocycles. The second kappa shape index (κ2) is 8.03. The van der Waals surface area contributed by atoms with Crippen LogP contribution in [0.2, 0.25) is 0 Å². The van der Waals surface area contributed by atoms with E-state index >= 15 is 0 Å². The summed E-state index contributed by atoms with van der Waals surface area (Å²) in [6.45, 7) is 4.21. The van der Waals surface area contributed by atoms with Gasteiger partial charge >= 0.3 is 6.18 Å². The molecule has 1 fully saturated rings. The van der Waals surface area contributed by atoms with Gasteiger partial charge in [0.25, 0.3) is 0 Å². The summed E-state index contributed by atoms with van der Waals surface area (Å²) in [5.41, 5.74) is 0.466. The minimum absolute atomic E-state index is 0.0580. The van der Waals surface area contributed by atoms with Crippen LogP contribution in [0.5, 0.6) is 0 Å². The molecule has 11 heteroatoms. The summed E-state index contributed by atoms with van der Waals surface area (Å²) in [4.78, 5) is 11.2. The van der Waals surface area contributed by atoms with Crippen molar-refractivity contribution in [3.8, 4) is 0 Å². The highest BCUT2D eigenvalue weighted by atomic mass is 32.2. The van der Waals surface area contributed by atoms with Gasteiger partial charge in [-0.3, -0.25) is 0 Å². The van der Waals surface area contributed by atoms with Crippen LogP contribution in [-0.2, 0) is 16.2 Å². The molecule has 2 aromatic rings. The van der Waals surface area contributed by atoms with Gasteiger partial charge in [-0.05, 0) is 31.0 Å². The van der Waals surface area contributed by atoms with E-state index in [9.17, 15) is 21.6 Å². The average Bonchev–Trinajstić information content (AvgIpc) is 2.68.